The number of amides is 1. The molecule has 3 rings (SSSR count). The summed E-state index contributed by atoms with van der Waals surface area (Å²) in [6.07, 6.45) is -2.06. The summed E-state index contributed by atoms with van der Waals surface area (Å²) in [5.74, 6) is -1.52. The number of pyridine rings is 1. The summed E-state index contributed by atoms with van der Waals surface area (Å²) in [6.45, 7) is 4.69. The van der Waals surface area contributed by atoms with Crippen LogP contribution in [0, 0.1) is 11.7 Å². The van der Waals surface area contributed by atoms with E-state index in [1.807, 2.05) is 0 Å². The quantitative estimate of drug-likeness (QED) is 0.439. The van der Waals surface area contributed by atoms with Crippen LogP contribution in [0.25, 0.3) is 0 Å². The van der Waals surface area contributed by atoms with Gasteiger partial charge in [-0.15, -0.1) is 0 Å². The third kappa shape index (κ3) is 7.09. The Balaban J connectivity index is 1.79. The van der Waals surface area contributed by atoms with Crippen LogP contribution in [-0.4, -0.2) is 38.7 Å². The molecular weight excluding hydrogens is 568 g/mol. The minimum Gasteiger partial charge on any atom is -0.356 e. The van der Waals surface area contributed by atoms with Gasteiger partial charge in [-0.25, -0.2) is 17.8 Å². The van der Waals surface area contributed by atoms with E-state index < -0.39 is 39.5 Å². The molecule has 1 saturated heterocycles. The molecule has 1 fully saturated rings. The summed E-state index contributed by atoms with van der Waals surface area (Å²) >= 11 is 3.12. The number of nitrogens with one attached hydrogen (secondary N) is 2. The van der Waals surface area contributed by atoms with E-state index in [1.165, 1.54) is 19.1 Å². The van der Waals surface area contributed by atoms with Crippen LogP contribution in [0.4, 0.5) is 29.1 Å². The Morgan fingerprint density at radius 3 is 2.44 bits per heavy atom. The molecule has 2 aromatic rings. The van der Waals surface area contributed by atoms with Gasteiger partial charge < -0.3 is 10.2 Å². The smallest absolute Gasteiger partial charge is 0.356 e. The molecule has 1 aliphatic heterocycles. The van der Waals surface area contributed by atoms with Gasteiger partial charge in [0.05, 0.1) is 17.9 Å². The van der Waals surface area contributed by atoms with Crippen molar-refractivity contribution in [3.05, 3.63) is 51.4 Å². The molecule has 1 aromatic carbocycles. The van der Waals surface area contributed by atoms with Gasteiger partial charge in [0.25, 0.3) is 0 Å². The number of halogens is 5. The standard InChI is InChI=1S/C23H27BrF4N4O3S/c1-13-6-8-32(9-7-13)21-15(4-5-19(30-21)23(26,27)28)12-29-22(33)14(2)16-10-17(24)20(18(25)11-16)31-36(3,34)35/h4-5,10-11,13-14,31H,6-9,12H2,1-3H3,(H,29,33). The lowest BCUT2D eigenvalue weighted by molar-refractivity contribution is -0.141. The highest BCUT2D eigenvalue weighted by Crippen LogP contribution is 2.33. The highest BCUT2D eigenvalue weighted by atomic mass is 79.9. The lowest BCUT2D eigenvalue weighted by Crippen LogP contribution is -2.35. The fraction of sp³-hybridized carbons (Fsp3) is 0.478. The van der Waals surface area contributed by atoms with Crippen LogP contribution in [0.15, 0.2) is 28.7 Å². The van der Waals surface area contributed by atoms with E-state index in [2.05, 4.69) is 37.9 Å². The molecule has 0 aliphatic carbocycles. The normalized spacial score (nSPS) is 16.1. The molecule has 1 amide bonds. The molecular formula is C23H27BrF4N4O3S. The van der Waals surface area contributed by atoms with Crippen molar-refractivity contribution in [3.63, 3.8) is 0 Å². The van der Waals surface area contributed by atoms with Gasteiger partial charge in [-0.05, 0) is 65.4 Å². The maximum atomic E-state index is 14.5. The van der Waals surface area contributed by atoms with E-state index in [0.717, 1.165) is 31.2 Å². The third-order valence-corrected chi connectivity index (χ3v) is 7.23. The number of anilines is 2. The molecule has 0 saturated carbocycles. The van der Waals surface area contributed by atoms with Gasteiger partial charge in [-0.3, -0.25) is 9.52 Å². The number of aromatic nitrogens is 1. The number of hydrogen-bond acceptors (Lipinski definition) is 5. The van der Waals surface area contributed by atoms with Gasteiger partial charge in [0.2, 0.25) is 15.9 Å². The highest BCUT2D eigenvalue weighted by molar-refractivity contribution is 9.10. The van der Waals surface area contributed by atoms with E-state index in [4.69, 9.17) is 0 Å². The van der Waals surface area contributed by atoms with E-state index in [-0.39, 0.29) is 28.1 Å². The molecule has 0 spiro atoms. The first kappa shape index (κ1) is 28.2. The Morgan fingerprint density at radius 2 is 1.89 bits per heavy atom. The van der Waals surface area contributed by atoms with Gasteiger partial charge in [0, 0.05) is 29.7 Å². The van der Waals surface area contributed by atoms with E-state index >= 15 is 0 Å². The van der Waals surface area contributed by atoms with E-state index in [1.54, 1.807) is 4.90 Å². The predicted octanol–water partition coefficient (Wildman–Crippen LogP) is 5.03. The van der Waals surface area contributed by atoms with Crippen LogP contribution in [0.1, 0.15) is 49.4 Å². The summed E-state index contributed by atoms with van der Waals surface area (Å²) in [6, 6.07) is 4.69. The summed E-state index contributed by atoms with van der Waals surface area (Å²) in [5, 5.41) is 2.70. The number of rotatable bonds is 7. The maximum absolute atomic E-state index is 14.5. The molecule has 1 aliphatic rings. The zero-order chi connectivity index (χ0) is 26.8. The fourth-order valence-electron chi connectivity index (χ4n) is 3.88. The monoisotopic (exact) mass is 594 g/mol. The van der Waals surface area contributed by atoms with Crippen LogP contribution in [0.2, 0.25) is 0 Å². The summed E-state index contributed by atoms with van der Waals surface area (Å²) < 4.78 is 79.5. The second kappa shape index (κ2) is 10.9. The van der Waals surface area contributed by atoms with Crippen LogP contribution in [0.3, 0.4) is 0 Å². The summed E-state index contributed by atoms with van der Waals surface area (Å²) in [7, 11) is -3.72. The first-order valence-electron chi connectivity index (χ1n) is 11.2. The topological polar surface area (TPSA) is 91.4 Å². The van der Waals surface area contributed by atoms with Crippen molar-refractivity contribution in [2.24, 2.45) is 5.92 Å². The molecule has 1 atom stereocenters. The first-order chi connectivity index (χ1) is 16.7. The van der Waals surface area contributed by atoms with Gasteiger partial charge in [0.15, 0.2) is 0 Å². The predicted molar refractivity (Wildman–Crippen MR) is 133 cm³/mol. The highest BCUT2D eigenvalue weighted by Gasteiger charge is 2.34. The van der Waals surface area contributed by atoms with Gasteiger partial charge in [-0.2, -0.15) is 13.2 Å². The first-order valence-corrected chi connectivity index (χ1v) is 13.9. The molecule has 1 unspecified atom stereocenters. The Bertz CT molecular complexity index is 1210. The van der Waals surface area contributed by atoms with Crippen molar-refractivity contribution < 1.29 is 30.8 Å². The maximum Gasteiger partial charge on any atom is 0.433 e. The molecule has 13 heteroatoms. The van der Waals surface area contributed by atoms with Gasteiger partial charge in [-0.1, -0.05) is 13.0 Å². The number of piperidine rings is 1. The molecule has 0 bridgehead atoms. The third-order valence-electron chi connectivity index (χ3n) is 6.03. The van der Waals surface area contributed by atoms with Crippen molar-refractivity contribution in [2.45, 2.75) is 45.3 Å². The zero-order valence-corrected chi connectivity index (χ0v) is 22.3. The minimum atomic E-state index is -4.59. The zero-order valence-electron chi connectivity index (χ0n) is 19.9. The molecule has 2 heterocycles. The molecule has 1 aromatic heterocycles. The van der Waals surface area contributed by atoms with Gasteiger partial charge in [0.1, 0.15) is 17.3 Å². The molecule has 36 heavy (non-hydrogen) atoms. The van der Waals surface area contributed by atoms with Crippen LogP contribution >= 0.6 is 15.9 Å². The fourth-order valence-corrected chi connectivity index (χ4v) is 5.14. The Kier molecular flexibility index (Phi) is 8.54. The number of nitrogens with zero attached hydrogens (tertiary/aromatic N) is 2. The van der Waals surface area contributed by atoms with Crippen molar-refractivity contribution in [3.8, 4) is 0 Å². The number of sulfonamides is 1. The van der Waals surface area contributed by atoms with Crippen molar-refractivity contribution in [1.82, 2.24) is 10.3 Å². The number of hydrogen-bond donors (Lipinski definition) is 2. The average Bonchev–Trinajstić information content (AvgIpc) is 2.78. The second-order valence-electron chi connectivity index (χ2n) is 9.02. The Morgan fingerprint density at radius 1 is 1.25 bits per heavy atom. The minimum absolute atomic E-state index is 0.0624. The van der Waals surface area contributed by atoms with Crippen molar-refractivity contribution in [2.75, 3.05) is 29.0 Å². The Labute approximate surface area is 215 Å². The lowest BCUT2D eigenvalue weighted by Gasteiger charge is -2.33. The number of carbonyl (C=O) groups excluding carboxylic acids is 1. The van der Waals surface area contributed by atoms with Gasteiger partial charge >= 0.3 is 6.18 Å². The molecule has 198 valence electrons. The average molecular weight is 595 g/mol. The number of carbonyl (C=O) groups is 1. The number of benzene rings is 1. The lowest BCUT2D eigenvalue weighted by atomic mass is 9.98. The molecule has 0 radical (unpaired) electrons. The summed E-state index contributed by atoms with van der Waals surface area (Å²) in [5.41, 5.74) is -0.544. The second-order valence-corrected chi connectivity index (χ2v) is 11.6. The van der Waals surface area contributed by atoms with Crippen LogP contribution < -0.4 is 14.9 Å². The SMILES string of the molecule is CC1CCN(c2nc(C(F)(F)F)ccc2CNC(=O)C(C)c2cc(F)c(NS(C)(=O)=O)c(Br)c2)CC1. The molecule has 7 nitrogen and oxygen atoms in total. The van der Waals surface area contributed by atoms with Crippen LogP contribution in [-0.2, 0) is 27.5 Å². The van der Waals surface area contributed by atoms with E-state index in [9.17, 15) is 30.8 Å². The van der Waals surface area contributed by atoms with E-state index in [0.29, 0.717) is 24.6 Å². The van der Waals surface area contributed by atoms with Crippen LogP contribution in [0.5, 0.6) is 0 Å². The van der Waals surface area contributed by atoms with Crippen molar-refractivity contribution in [1.29, 1.82) is 0 Å². The Hall–Kier alpha value is -2.41. The largest absolute Gasteiger partial charge is 0.433 e. The van der Waals surface area contributed by atoms with Crippen molar-refractivity contribution >= 4 is 43.4 Å². The molecule has 2 N–H and O–H groups in total. The number of alkyl halides is 3. The summed E-state index contributed by atoms with van der Waals surface area (Å²) in [4.78, 5) is 18.5.